The van der Waals surface area contributed by atoms with Gasteiger partial charge in [-0.2, -0.15) is 0 Å². The molecule has 9 nitrogen and oxygen atoms in total. The average Bonchev–Trinajstić information content (AvgIpc) is 2.90. The van der Waals surface area contributed by atoms with E-state index in [9.17, 15) is 19.5 Å². The van der Waals surface area contributed by atoms with Crippen molar-refractivity contribution in [3.63, 3.8) is 0 Å². The van der Waals surface area contributed by atoms with Crippen LogP contribution < -0.4 is 18.9 Å². The van der Waals surface area contributed by atoms with Crippen molar-refractivity contribution in [3.05, 3.63) is 46.5 Å². The second-order valence-corrected chi connectivity index (χ2v) is 9.70. The first-order valence-electron chi connectivity index (χ1n) is 13.1. The van der Waals surface area contributed by atoms with Crippen LogP contribution in [0.4, 0.5) is 0 Å². The lowest BCUT2D eigenvalue weighted by Gasteiger charge is -2.29. The largest absolute Gasteiger partial charge is 0.507 e. The molecule has 0 aromatic heterocycles. The van der Waals surface area contributed by atoms with Gasteiger partial charge in [-0.15, -0.1) is 0 Å². The first-order valence-corrected chi connectivity index (χ1v) is 13.1. The van der Waals surface area contributed by atoms with E-state index in [2.05, 4.69) is 0 Å². The number of cyclic esters (lactones) is 1. The highest BCUT2D eigenvalue weighted by Gasteiger charge is 2.37. The van der Waals surface area contributed by atoms with E-state index in [0.717, 1.165) is 0 Å². The second-order valence-electron chi connectivity index (χ2n) is 9.70. The molecule has 0 bridgehead atoms. The zero-order valence-corrected chi connectivity index (χ0v) is 22.7. The van der Waals surface area contributed by atoms with Crippen LogP contribution in [0, 0.1) is 0 Å². The van der Waals surface area contributed by atoms with Crippen LogP contribution in [0.2, 0.25) is 0 Å². The van der Waals surface area contributed by atoms with Crippen LogP contribution in [0.25, 0.3) is 6.08 Å². The van der Waals surface area contributed by atoms with Crippen LogP contribution in [-0.2, 0) is 14.3 Å². The van der Waals surface area contributed by atoms with Gasteiger partial charge in [0.1, 0.15) is 22.8 Å². The number of phenols is 1. The van der Waals surface area contributed by atoms with Gasteiger partial charge in [0.2, 0.25) is 5.75 Å². The van der Waals surface area contributed by atoms with Crippen LogP contribution in [0.1, 0.15) is 84.8 Å². The van der Waals surface area contributed by atoms with Gasteiger partial charge in [-0.05, 0) is 50.3 Å². The Morgan fingerprint density at radius 3 is 2.44 bits per heavy atom. The van der Waals surface area contributed by atoms with E-state index < -0.39 is 24.0 Å². The SMILES string of the molecule is COc1ccc(C2CC(=O)Oc3cc4c(c(O)c32)C(=O)OC(C)CCCC(=O)CCC/C=C/4)c(OC)c1OC. The highest BCUT2D eigenvalue weighted by molar-refractivity contribution is 5.98. The number of rotatable bonds is 4. The third-order valence-electron chi connectivity index (χ3n) is 7.09. The topological polar surface area (TPSA) is 118 Å². The summed E-state index contributed by atoms with van der Waals surface area (Å²) in [6.07, 6.45) is 6.32. The highest BCUT2D eigenvalue weighted by atomic mass is 16.5. The number of carbonyl (C=O) groups excluding carboxylic acids is 3. The summed E-state index contributed by atoms with van der Waals surface area (Å²) in [7, 11) is 4.46. The van der Waals surface area contributed by atoms with Crippen molar-refractivity contribution in [1.82, 2.24) is 0 Å². The number of methoxy groups -OCH3 is 3. The molecule has 2 aromatic rings. The van der Waals surface area contributed by atoms with Gasteiger partial charge >= 0.3 is 11.9 Å². The van der Waals surface area contributed by atoms with Crippen LogP contribution in [-0.4, -0.2) is 50.3 Å². The Morgan fingerprint density at radius 1 is 0.974 bits per heavy atom. The number of ketones is 1. The Labute approximate surface area is 227 Å². The quantitative estimate of drug-likeness (QED) is 0.406. The molecule has 39 heavy (non-hydrogen) atoms. The minimum atomic E-state index is -0.699. The predicted octanol–water partition coefficient (Wildman–Crippen LogP) is 5.34. The molecule has 0 saturated heterocycles. The van der Waals surface area contributed by atoms with Crippen LogP contribution in [0.15, 0.2) is 24.3 Å². The fraction of sp³-hybridized carbons (Fsp3) is 0.433. The molecule has 0 radical (unpaired) electrons. The number of fused-ring (bicyclic) bond motifs is 2. The number of ether oxygens (including phenoxy) is 5. The summed E-state index contributed by atoms with van der Waals surface area (Å²) >= 11 is 0. The molecule has 2 atom stereocenters. The van der Waals surface area contributed by atoms with Crippen molar-refractivity contribution in [3.8, 4) is 28.7 Å². The van der Waals surface area contributed by atoms with E-state index in [1.807, 2.05) is 6.08 Å². The molecule has 2 aliphatic heterocycles. The maximum absolute atomic E-state index is 13.4. The molecule has 0 spiro atoms. The number of carbonyl (C=O) groups is 3. The summed E-state index contributed by atoms with van der Waals surface area (Å²) in [5.74, 6) is -0.757. The van der Waals surface area contributed by atoms with Crippen LogP contribution in [0.3, 0.4) is 0 Å². The maximum Gasteiger partial charge on any atom is 0.342 e. The van der Waals surface area contributed by atoms with Gasteiger partial charge in [-0.1, -0.05) is 18.2 Å². The molecular weight excluding hydrogens is 504 g/mol. The minimum Gasteiger partial charge on any atom is -0.507 e. The molecule has 1 N–H and O–H groups in total. The summed E-state index contributed by atoms with van der Waals surface area (Å²) in [4.78, 5) is 38.2. The van der Waals surface area contributed by atoms with Gasteiger partial charge in [0.15, 0.2) is 11.5 Å². The molecule has 0 amide bonds. The van der Waals surface area contributed by atoms with Gasteiger partial charge in [0.25, 0.3) is 0 Å². The number of esters is 2. The molecule has 208 valence electrons. The third-order valence-corrected chi connectivity index (χ3v) is 7.09. The number of phenolic OH excluding ortho intramolecular Hbond substituents is 1. The number of hydrogen-bond donors (Lipinski definition) is 1. The lowest BCUT2D eigenvalue weighted by molar-refractivity contribution is -0.135. The zero-order valence-electron chi connectivity index (χ0n) is 22.7. The number of Topliss-reactive ketones (excluding diaryl/α,β-unsaturated/α-hetero) is 1. The van der Waals surface area contributed by atoms with Crippen molar-refractivity contribution >= 4 is 23.8 Å². The molecular formula is C30H34O9. The van der Waals surface area contributed by atoms with Crippen molar-refractivity contribution in [2.45, 2.75) is 63.9 Å². The van der Waals surface area contributed by atoms with Gasteiger partial charge in [0, 0.05) is 29.9 Å². The normalized spacial score (nSPS) is 21.0. The number of aromatic hydroxyl groups is 1. The molecule has 2 heterocycles. The lowest BCUT2D eigenvalue weighted by atomic mass is 9.83. The first-order chi connectivity index (χ1) is 18.8. The Bertz CT molecular complexity index is 1290. The summed E-state index contributed by atoms with van der Waals surface area (Å²) in [6, 6.07) is 5.00. The van der Waals surface area contributed by atoms with Gasteiger partial charge in [-0.25, -0.2) is 4.79 Å². The van der Waals surface area contributed by atoms with E-state index in [1.165, 1.54) is 21.3 Å². The van der Waals surface area contributed by atoms with E-state index >= 15 is 0 Å². The smallest absolute Gasteiger partial charge is 0.342 e. The van der Waals surface area contributed by atoms with Gasteiger partial charge in [0.05, 0.1) is 33.9 Å². The van der Waals surface area contributed by atoms with E-state index in [0.29, 0.717) is 66.9 Å². The maximum atomic E-state index is 13.4. The second kappa shape index (κ2) is 12.2. The van der Waals surface area contributed by atoms with Crippen molar-refractivity contribution in [1.29, 1.82) is 0 Å². The molecule has 0 aliphatic carbocycles. The molecule has 0 saturated carbocycles. The van der Waals surface area contributed by atoms with Crippen LogP contribution >= 0.6 is 0 Å². The highest BCUT2D eigenvalue weighted by Crippen LogP contribution is 2.52. The van der Waals surface area contributed by atoms with E-state index in [1.54, 1.807) is 31.2 Å². The third kappa shape index (κ3) is 5.87. The van der Waals surface area contributed by atoms with Gasteiger partial charge in [-0.3, -0.25) is 9.59 Å². The number of benzene rings is 2. The first kappa shape index (κ1) is 28.0. The fourth-order valence-corrected chi connectivity index (χ4v) is 5.18. The predicted molar refractivity (Wildman–Crippen MR) is 143 cm³/mol. The van der Waals surface area contributed by atoms with Gasteiger partial charge < -0.3 is 28.8 Å². The monoisotopic (exact) mass is 538 g/mol. The zero-order chi connectivity index (χ0) is 28.1. The minimum absolute atomic E-state index is 0.00706. The molecule has 2 unspecified atom stereocenters. The standard InChI is InChI=1S/C30H34O9/c1-17-9-8-12-19(31)11-7-5-6-10-18-15-23-26(27(33)25(18)30(34)38-17)21(16-24(32)39-23)20-13-14-22(35-2)29(37-4)28(20)36-3/h6,10,13-15,17,21,33H,5,7-9,11-12,16H2,1-4H3/b10-6+. The summed E-state index contributed by atoms with van der Waals surface area (Å²) in [5, 5.41) is 11.6. The van der Waals surface area contributed by atoms with Crippen LogP contribution in [0.5, 0.6) is 28.7 Å². The molecule has 0 fully saturated rings. The number of hydrogen-bond acceptors (Lipinski definition) is 9. The lowest BCUT2D eigenvalue weighted by Crippen LogP contribution is -2.23. The van der Waals surface area contributed by atoms with Crippen molar-refractivity contribution in [2.75, 3.05) is 21.3 Å². The Kier molecular flexibility index (Phi) is 8.79. The van der Waals surface area contributed by atoms with E-state index in [-0.39, 0.29) is 34.8 Å². The molecule has 2 aliphatic rings. The van der Waals surface area contributed by atoms with Crippen molar-refractivity contribution < 1.29 is 43.2 Å². The molecule has 4 rings (SSSR count). The summed E-state index contributed by atoms with van der Waals surface area (Å²) in [5.41, 5.74) is 1.20. The van der Waals surface area contributed by atoms with Crippen molar-refractivity contribution in [2.24, 2.45) is 0 Å². The Balaban J connectivity index is 1.87. The summed E-state index contributed by atoms with van der Waals surface area (Å²) < 4.78 is 27.8. The fourth-order valence-electron chi connectivity index (χ4n) is 5.18. The molecule has 9 heteroatoms. The average molecular weight is 539 g/mol. The number of allylic oxidation sites excluding steroid dienone is 1. The Morgan fingerprint density at radius 2 is 1.72 bits per heavy atom. The summed E-state index contributed by atoms with van der Waals surface area (Å²) in [6.45, 7) is 1.76. The van der Waals surface area contributed by atoms with E-state index in [4.69, 9.17) is 23.7 Å². The Hall–Kier alpha value is -4.01. The molecule has 2 aromatic carbocycles.